The lowest BCUT2D eigenvalue weighted by Crippen LogP contribution is -2.40. The van der Waals surface area contributed by atoms with Crippen LogP contribution in [0, 0.1) is 6.92 Å². The number of aromatic nitrogens is 3. The molecular formula is C39H38N4O7S. The number of rotatable bonds is 11. The van der Waals surface area contributed by atoms with Gasteiger partial charge in [0.2, 0.25) is 0 Å². The minimum absolute atomic E-state index is 0.140. The summed E-state index contributed by atoms with van der Waals surface area (Å²) in [5, 5.41) is 4.97. The SMILES string of the molecule is CCCOc1ccc(-c2nn(-c3ccccc3)cc2C=c2sc3n(c2=O)C(c2ccc(OC(C)=O)c(OC)c2)C(C(=O)OCC)=C(C)N=3)cc1C. The van der Waals surface area contributed by atoms with Crippen LogP contribution in [-0.2, 0) is 14.3 Å². The zero-order valence-electron chi connectivity index (χ0n) is 29.3. The highest BCUT2D eigenvalue weighted by molar-refractivity contribution is 7.07. The molecule has 0 radical (unpaired) electrons. The number of hydrogen-bond donors (Lipinski definition) is 0. The van der Waals surface area contributed by atoms with Gasteiger partial charge in [0.1, 0.15) is 11.4 Å². The maximum Gasteiger partial charge on any atom is 0.338 e. The van der Waals surface area contributed by atoms with E-state index < -0.39 is 18.0 Å². The van der Waals surface area contributed by atoms with Crippen molar-refractivity contribution in [2.45, 2.75) is 47.1 Å². The molecule has 1 unspecified atom stereocenters. The molecule has 1 aliphatic rings. The van der Waals surface area contributed by atoms with Gasteiger partial charge in [-0.25, -0.2) is 14.5 Å². The van der Waals surface area contributed by atoms with E-state index in [0.717, 1.165) is 34.5 Å². The Kier molecular flexibility index (Phi) is 10.3. The average Bonchev–Trinajstić information content (AvgIpc) is 3.67. The summed E-state index contributed by atoms with van der Waals surface area (Å²) in [7, 11) is 1.45. The van der Waals surface area contributed by atoms with E-state index in [0.29, 0.717) is 32.9 Å². The Morgan fingerprint density at radius 1 is 0.980 bits per heavy atom. The highest BCUT2D eigenvalue weighted by atomic mass is 32.1. The predicted octanol–water partition coefficient (Wildman–Crippen LogP) is 5.68. The largest absolute Gasteiger partial charge is 0.493 e. The van der Waals surface area contributed by atoms with Gasteiger partial charge in [-0.3, -0.25) is 14.2 Å². The minimum atomic E-state index is -0.896. The van der Waals surface area contributed by atoms with E-state index in [2.05, 4.69) is 6.92 Å². The minimum Gasteiger partial charge on any atom is -0.493 e. The molecule has 3 heterocycles. The number of hydrogen-bond acceptors (Lipinski definition) is 10. The van der Waals surface area contributed by atoms with Gasteiger partial charge in [-0.1, -0.05) is 42.5 Å². The summed E-state index contributed by atoms with van der Waals surface area (Å²) < 4.78 is 25.9. The molecule has 51 heavy (non-hydrogen) atoms. The smallest absolute Gasteiger partial charge is 0.338 e. The Hall–Kier alpha value is -5.75. The summed E-state index contributed by atoms with van der Waals surface area (Å²) in [5.74, 6) is 0.185. The molecule has 5 aromatic rings. The highest BCUT2D eigenvalue weighted by Gasteiger charge is 2.34. The molecule has 0 amide bonds. The van der Waals surface area contributed by atoms with Crippen molar-refractivity contribution >= 4 is 29.4 Å². The summed E-state index contributed by atoms with van der Waals surface area (Å²) in [6.07, 6.45) is 4.61. The van der Waals surface area contributed by atoms with Gasteiger partial charge >= 0.3 is 11.9 Å². The molecule has 1 aliphatic heterocycles. The molecule has 6 rings (SSSR count). The Morgan fingerprint density at radius 2 is 1.75 bits per heavy atom. The van der Waals surface area contributed by atoms with Crippen molar-refractivity contribution in [1.29, 1.82) is 0 Å². The predicted molar refractivity (Wildman–Crippen MR) is 194 cm³/mol. The number of esters is 2. The standard InChI is InChI=1S/C39H38N4O7S/c1-7-18-49-30-16-14-26(19-23(30)3)35-28(22-42(41-35)29-12-10-9-11-13-29)21-33-37(45)43-36(27-15-17-31(50-25(5)44)32(20-27)47-6)34(38(46)48-8-2)24(4)40-39(43)51-33/h9-17,19-22,36H,7-8,18H2,1-6H3. The van der Waals surface area contributed by atoms with Crippen LogP contribution in [-0.4, -0.2) is 46.6 Å². The quantitative estimate of drug-likeness (QED) is 0.127. The molecule has 2 aromatic heterocycles. The van der Waals surface area contributed by atoms with Gasteiger partial charge in [0.05, 0.1) is 47.9 Å². The van der Waals surface area contributed by atoms with Crippen LogP contribution in [0.1, 0.15) is 56.8 Å². The molecule has 262 valence electrons. The number of allylic oxidation sites excluding steroid dienone is 1. The van der Waals surface area contributed by atoms with E-state index in [1.807, 2.05) is 67.7 Å². The van der Waals surface area contributed by atoms with E-state index in [1.165, 1.54) is 29.9 Å². The molecule has 0 spiro atoms. The van der Waals surface area contributed by atoms with Crippen molar-refractivity contribution in [3.8, 4) is 34.2 Å². The van der Waals surface area contributed by atoms with Gasteiger partial charge in [-0.2, -0.15) is 5.10 Å². The first-order valence-corrected chi connectivity index (χ1v) is 17.4. The number of carbonyl (C=O) groups is 2. The fourth-order valence-corrected chi connectivity index (χ4v) is 6.98. The lowest BCUT2D eigenvalue weighted by molar-refractivity contribution is -0.139. The van der Waals surface area contributed by atoms with Crippen LogP contribution in [0.25, 0.3) is 23.0 Å². The molecule has 0 bridgehead atoms. The number of thiazole rings is 1. The van der Waals surface area contributed by atoms with Crippen molar-refractivity contribution < 1.29 is 28.5 Å². The van der Waals surface area contributed by atoms with Crippen LogP contribution in [0.4, 0.5) is 0 Å². The first kappa shape index (κ1) is 35.1. The lowest BCUT2D eigenvalue weighted by atomic mass is 9.95. The number of carbonyl (C=O) groups excluding carboxylic acids is 2. The van der Waals surface area contributed by atoms with Crippen LogP contribution >= 0.6 is 11.3 Å². The average molecular weight is 707 g/mol. The number of methoxy groups -OCH3 is 1. The van der Waals surface area contributed by atoms with Crippen LogP contribution in [0.15, 0.2) is 94.0 Å². The van der Waals surface area contributed by atoms with Gasteiger partial charge in [0.15, 0.2) is 16.3 Å². The topological polar surface area (TPSA) is 123 Å². The van der Waals surface area contributed by atoms with Crippen LogP contribution in [0.5, 0.6) is 17.2 Å². The monoisotopic (exact) mass is 706 g/mol. The third kappa shape index (κ3) is 7.13. The molecule has 0 saturated heterocycles. The van der Waals surface area contributed by atoms with Crippen molar-refractivity contribution in [3.63, 3.8) is 0 Å². The third-order valence-corrected chi connectivity index (χ3v) is 9.22. The number of benzene rings is 3. The molecular weight excluding hydrogens is 669 g/mol. The van der Waals surface area contributed by atoms with Crippen LogP contribution in [0.2, 0.25) is 0 Å². The fraction of sp³-hybridized carbons (Fsp3) is 0.256. The fourth-order valence-electron chi connectivity index (χ4n) is 5.94. The van der Waals surface area contributed by atoms with E-state index in [-0.39, 0.29) is 29.2 Å². The molecule has 1 atom stereocenters. The van der Waals surface area contributed by atoms with Crippen LogP contribution in [0.3, 0.4) is 0 Å². The van der Waals surface area contributed by atoms with E-state index in [4.69, 9.17) is 29.0 Å². The molecule has 0 saturated carbocycles. The van der Waals surface area contributed by atoms with Gasteiger partial charge in [-0.15, -0.1) is 0 Å². The Bertz CT molecular complexity index is 2340. The molecule has 12 heteroatoms. The second-order valence-corrected chi connectivity index (χ2v) is 12.9. The second kappa shape index (κ2) is 15.0. The van der Waals surface area contributed by atoms with Gasteiger partial charge in [-0.05, 0) is 86.9 Å². The number of para-hydroxylation sites is 1. The number of fused-ring (bicyclic) bond motifs is 1. The maximum atomic E-state index is 14.5. The summed E-state index contributed by atoms with van der Waals surface area (Å²) in [6, 6.07) is 19.7. The number of aryl methyl sites for hydroxylation is 1. The normalized spacial score (nSPS) is 14.2. The summed E-state index contributed by atoms with van der Waals surface area (Å²) in [5.41, 5.74) is 4.94. The molecule has 0 N–H and O–H groups in total. The number of nitrogens with zero attached hydrogens (tertiary/aromatic N) is 4. The maximum absolute atomic E-state index is 14.5. The first-order valence-electron chi connectivity index (χ1n) is 16.6. The Morgan fingerprint density at radius 3 is 2.43 bits per heavy atom. The van der Waals surface area contributed by atoms with Crippen LogP contribution < -0.4 is 29.1 Å². The van der Waals surface area contributed by atoms with E-state index in [9.17, 15) is 14.4 Å². The van der Waals surface area contributed by atoms with Gasteiger partial charge < -0.3 is 18.9 Å². The second-order valence-electron chi connectivity index (χ2n) is 11.8. The summed E-state index contributed by atoms with van der Waals surface area (Å²) in [4.78, 5) is 44.8. The molecule has 11 nitrogen and oxygen atoms in total. The Balaban J connectivity index is 1.54. The number of ether oxygens (including phenoxy) is 4. The Labute approximate surface area is 298 Å². The first-order chi connectivity index (χ1) is 24.6. The van der Waals surface area contributed by atoms with Gasteiger partial charge in [0, 0.05) is 24.2 Å². The van der Waals surface area contributed by atoms with Crippen molar-refractivity contribution in [3.05, 3.63) is 121 Å². The zero-order chi connectivity index (χ0) is 36.2. The van der Waals surface area contributed by atoms with Crippen molar-refractivity contribution in [1.82, 2.24) is 14.3 Å². The van der Waals surface area contributed by atoms with E-state index in [1.54, 1.807) is 36.7 Å². The molecule has 0 aliphatic carbocycles. The lowest BCUT2D eigenvalue weighted by Gasteiger charge is -2.25. The molecule has 3 aromatic carbocycles. The summed E-state index contributed by atoms with van der Waals surface area (Å²) >= 11 is 1.22. The zero-order valence-corrected chi connectivity index (χ0v) is 30.1. The van der Waals surface area contributed by atoms with Crippen molar-refractivity contribution in [2.24, 2.45) is 4.99 Å². The third-order valence-electron chi connectivity index (χ3n) is 8.23. The highest BCUT2D eigenvalue weighted by Crippen LogP contribution is 2.36. The summed E-state index contributed by atoms with van der Waals surface area (Å²) in [6.45, 7) is 9.56. The van der Waals surface area contributed by atoms with Gasteiger partial charge in [0.25, 0.3) is 5.56 Å². The van der Waals surface area contributed by atoms with Crippen molar-refractivity contribution in [2.75, 3.05) is 20.3 Å². The van der Waals surface area contributed by atoms with E-state index >= 15 is 0 Å². The molecule has 0 fully saturated rings.